The second-order valence-corrected chi connectivity index (χ2v) is 10.9. The van der Waals surface area contributed by atoms with Gasteiger partial charge in [-0.1, -0.05) is 41.9 Å². The minimum Gasteiger partial charge on any atom is -0.489 e. The lowest BCUT2D eigenvalue weighted by atomic mass is 10.0. The van der Waals surface area contributed by atoms with Crippen molar-refractivity contribution in [2.75, 3.05) is 25.1 Å². The van der Waals surface area contributed by atoms with Gasteiger partial charge in [0.1, 0.15) is 29.8 Å². The molecule has 1 unspecified atom stereocenters. The number of anilines is 1. The number of amides is 2. The van der Waals surface area contributed by atoms with Gasteiger partial charge < -0.3 is 19.3 Å². The number of nitrogens with zero attached hydrogens (tertiary/aromatic N) is 4. The van der Waals surface area contributed by atoms with Gasteiger partial charge in [0.15, 0.2) is 0 Å². The molecule has 0 aliphatic carbocycles. The van der Waals surface area contributed by atoms with Crippen LogP contribution in [0.3, 0.4) is 0 Å². The van der Waals surface area contributed by atoms with Crippen LogP contribution in [0.4, 0.5) is 10.2 Å². The summed E-state index contributed by atoms with van der Waals surface area (Å²) >= 11 is 6.10. The van der Waals surface area contributed by atoms with E-state index in [0.29, 0.717) is 42.4 Å². The lowest BCUT2D eigenvalue weighted by molar-refractivity contribution is -0.125. The van der Waals surface area contributed by atoms with Crippen molar-refractivity contribution in [2.24, 2.45) is 7.05 Å². The van der Waals surface area contributed by atoms with Crippen LogP contribution in [-0.4, -0.2) is 52.1 Å². The van der Waals surface area contributed by atoms with Crippen molar-refractivity contribution < 1.29 is 23.8 Å². The van der Waals surface area contributed by atoms with Crippen molar-refractivity contribution in [3.63, 3.8) is 0 Å². The molecule has 224 valence electrons. The first-order valence-corrected chi connectivity index (χ1v) is 14.3. The Balaban J connectivity index is 1.24. The molecule has 1 aliphatic rings. The average molecular weight is 606 g/mol. The highest BCUT2D eigenvalue weighted by molar-refractivity contribution is 6.31. The third-order valence-corrected chi connectivity index (χ3v) is 8.11. The summed E-state index contributed by atoms with van der Waals surface area (Å²) in [6.45, 7) is 1.76. The van der Waals surface area contributed by atoms with E-state index in [0.717, 1.165) is 33.9 Å². The monoisotopic (exact) mass is 605 g/mol. The largest absolute Gasteiger partial charge is 0.489 e. The Morgan fingerprint density at radius 1 is 1.23 bits per heavy atom. The Labute approximate surface area is 254 Å². The molecule has 11 heteroatoms. The molecule has 0 radical (unpaired) electrons. The van der Waals surface area contributed by atoms with Crippen LogP contribution in [0.15, 0.2) is 66.9 Å². The molecule has 0 saturated heterocycles. The van der Waals surface area contributed by atoms with Crippen LogP contribution in [0.1, 0.15) is 34.7 Å². The van der Waals surface area contributed by atoms with Crippen LogP contribution in [0.25, 0.3) is 11.4 Å². The highest BCUT2D eigenvalue weighted by atomic mass is 35.5. The van der Waals surface area contributed by atoms with Gasteiger partial charge in [-0.15, -0.1) is 0 Å². The van der Waals surface area contributed by atoms with E-state index < -0.39 is 5.82 Å². The maximum atomic E-state index is 14.1. The third-order valence-electron chi connectivity index (χ3n) is 7.75. The maximum absolute atomic E-state index is 14.1. The van der Waals surface area contributed by atoms with Gasteiger partial charge in [0.05, 0.1) is 23.9 Å². The molecule has 2 amide bonds. The fourth-order valence-electron chi connectivity index (χ4n) is 5.39. The first-order valence-electron chi connectivity index (χ1n) is 13.9. The van der Waals surface area contributed by atoms with Gasteiger partial charge in [-0.25, -0.2) is 9.37 Å². The minimum atomic E-state index is -0.399. The Hall–Kier alpha value is -4.25. The molecule has 1 aromatic heterocycles. The number of fused-ring (bicyclic) bond motifs is 1. The Morgan fingerprint density at radius 3 is 2.74 bits per heavy atom. The highest BCUT2D eigenvalue weighted by Crippen LogP contribution is 2.37. The number of aliphatic hydroxyl groups excluding tert-OH is 1. The molecule has 0 fully saturated rings. The number of nitrogens with one attached hydrogen (secondary N) is 1. The topological polar surface area (TPSA) is 99.9 Å². The first kappa shape index (κ1) is 30.2. The number of carbonyl (C=O) groups excluding carboxylic acids is 2. The van der Waals surface area contributed by atoms with Gasteiger partial charge in [0.2, 0.25) is 12.3 Å². The summed E-state index contributed by atoms with van der Waals surface area (Å²) in [6.07, 6.45) is 2.33. The lowest BCUT2D eigenvalue weighted by Crippen LogP contribution is -2.28. The molecular formula is C32H33ClFN5O4. The number of aliphatic hydroxyl groups is 1. The van der Waals surface area contributed by atoms with E-state index in [2.05, 4.69) is 27.3 Å². The van der Waals surface area contributed by atoms with Crippen molar-refractivity contribution in [1.82, 2.24) is 19.8 Å². The van der Waals surface area contributed by atoms with E-state index in [1.807, 2.05) is 53.9 Å². The van der Waals surface area contributed by atoms with Crippen LogP contribution < -0.4 is 15.0 Å². The fraction of sp³-hybridized carbons (Fsp3) is 0.281. The number of imide groups is 1. The Morgan fingerprint density at radius 2 is 2.02 bits per heavy atom. The number of imidazole rings is 1. The fourth-order valence-corrected chi connectivity index (χ4v) is 5.61. The number of rotatable bonds is 12. The van der Waals surface area contributed by atoms with E-state index in [1.165, 1.54) is 6.07 Å². The normalized spacial score (nSPS) is 14.4. The average Bonchev–Trinajstić information content (AvgIpc) is 3.55. The summed E-state index contributed by atoms with van der Waals surface area (Å²) in [7, 11) is 3.79. The molecule has 5 rings (SSSR count). The molecule has 2 heterocycles. The molecule has 1 atom stereocenters. The molecule has 1 aliphatic heterocycles. The van der Waals surface area contributed by atoms with Crippen LogP contribution in [0, 0.1) is 5.82 Å². The van der Waals surface area contributed by atoms with Crippen molar-refractivity contribution in [1.29, 1.82) is 0 Å². The first-order chi connectivity index (χ1) is 20.8. The lowest BCUT2D eigenvalue weighted by Gasteiger charge is -2.23. The molecule has 2 N–H and O–H groups in total. The van der Waals surface area contributed by atoms with Gasteiger partial charge in [-0.2, -0.15) is 0 Å². The number of halogens is 2. The Bertz CT molecular complexity index is 1590. The van der Waals surface area contributed by atoms with Gasteiger partial charge in [0, 0.05) is 51.3 Å². The second kappa shape index (κ2) is 13.4. The van der Waals surface area contributed by atoms with E-state index in [-0.39, 0.29) is 31.6 Å². The zero-order chi connectivity index (χ0) is 30.5. The van der Waals surface area contributed by atoms with Gasteiger partial charge in [0.25, 0.3) is 0 Å². The SMILES string of the molecule is CN(CCC(=O)NC=O)c1cnc(-c2ccc3c(c2)C(CO)N(Cc2ccc(OCc4c(F)cccc4Cl)cc2)C3)n1C. The minimum absolute atomic E-state index is 0.0293. The standard InChI is InChI=1S/C32H33ClFN5O4/c1-37(13-12-30(42)36-20-41)31-15-35-32(38(31)2)22-8-9-23-17-39(29(18-40)25(23)14-22)16-21-6-10-24(11-7-21)43-19-26-27(33)4-3-5-28(26)34/h3-11,14-15,20,29,40H,12-13,16-19H2,1-2H3,(H,36,41,42). The molecule has 4 aromatic rings. The zero-order valence-electron chi connectivity index (χ0n) is 24.0. The number of carbonyl (C=O) groups is 2. The van der Waals surface area contributed by atoms with Crippen molar-refractivity contribution in [3.05, 3.63) is 100.0 Å². The predicted molar refractivity (Wildman–Crippen MR) is 162 cm³/mol. The summed E-state index contributed by atoms with van der Waals surface area (Å²) in [5, 5.41) is 12.9. The molecule has 9 nitrogen and oxygen atoms in total. The van der Waals surface area contributed by atoms with Gasteiger partial charge in [-0.05, 0) is 47.0 Å². The number of hydrogen-bond donors (Lipinski definition) is 2. The molecule has 0 saturated carbocycles. The van der Waals surface area contributed by atoms with Crippen LogP contribution >= 0.6 is 11.6 Å². The molecule has 0 bridgehead atoms. The van der Waals surface area contributed by atoms with E-state index >= 15 is 0 Å². The zero-order valence-corrected chi connectivity index (χ0v) is 24.7. The van der Waals surface area contributed by atoms with E-state index in [1.54, 1.807) is 18.3 Å². The molecular weight excluding hydrogens is 573 g/mol. The number of benzene rings is 3. The molecule has 0 spiro atoms. The number of aromatic nitrogens is 2. The summed E-state index contributed by atoms with van der Waals surface area (Å²) in [5.74, 6) is 1.48. The smallest absolute Gasteiger partial charge is 0.228 e. The summed E-state index contributed by atoms with van der Waals surface area (Å²) in [4.78, 5) is 30.9. The molecule has 3 aromatic carbocycles. The van der Waals surface area contributed by atoms with E-state index in [4.69, 9.17) is 16.3 Å². The van der Waals surface area contributed by atoms with Crippen LogP contribution in [0.5, 0.6) is 5.75 Å². The van der Waals surface area contributed by atoms with Crippen LogP contribution in [0.2, 0.25) is 5.02 Å². The summed E-state index contributed by atoms with van der Waals surface area (Å²) in [5.41, 5.74) is 4.52. The number of ether oxygens (including phenoxy) is 1. The molecule has 43 heavy (non-hydrogen) atoms. The van der Waals surface area contributed by atoms with Gasteiger partial charge in [-0.3, -0.25) is 19.8 Å². The van der Waals surface area contributed by atoms with Crippen molar-refractivity contribution in [3.8, 4) is 17.1 Å². The summed E-state index contributed by atoms with van der Waals surface area (Å²) in [6, 6.07) is 18.2. The predicted octanol–water partition coefficient (Wildman–Crippen LogP) is 4.61. The highest BCUT2D eigenvalue weighted by Gasteiger charge is 2.30. The number of hydrogen-bond acceptors (Lipinski definition) is 7. The van der Waals surface area contributed by atoms with Gasteiger partial charge >= 0.3 is 0 Å². The second-order valence-electron chi connectivity index (χ2n) is 10.5. The van der Waals surface area contributed by atoms with Crippen molar-refractivity contribution >= 4 is 29.7 Å². The summed E-state index contributed by atoms with van der Waals surface area (Å²) < 4.78 is 21.8. The van der Waals surface area contributed by atoms with Crippen LogP contribution in [-0.2, 0) is 36.3 Å². The quantitative estimate of drug-likeness (QED) is 0.228. The maximum Gasteiger partial charge on any atom is 0.228 e. The third kappa shape index (κ3) is 6.72. The Kier molecular flexibility index (Phi) is 9.40. The van der Waals surface area contributed by atoms with Crippen molar-refractivity contribution in [2.45, 2.75) is 32.2 Å². The van der Waals surface area contributed by atoms with E-state index in [9.17, 15) is 19.1 Å².